The van der Waals surface area contributed by atoms with Crippen molar-refractivity contribution in [2.45, 2.75) is 65.0 Å². The van der Waals surface area contributed by atoms with E-state index in [2.05, 4.69) is 17.3 Å². The number of piperidine rings is 2. The Bertz CT molecular complexity index is 484. The number of rotatable bonds is 3. The predicted octanol–water partition coefficient (Wildman–Crippen LogP) is 2.48. The lowest BCUT2D eigenvalue weighted by atomic mass is 9.79. The molecule has 0 radical (unpaired) electrons. The van der Waals surface area contributed by atoms with Crippen molar-refractivity contribution in [1.82, 2.24) is 15.1 Å². The first-order valence-electron chi connectivity index (χ1n) is 10.2. The van der Waals surface area contributed by atoms with Crippen molar-refractivity contribution in [3.05, 3.63) is 0 Å². The molecule has 6 heteroatoms. The molecule has 144 valence electrons. The van der Waals surface area contributed by atoms with E-state index in [0.717, 1.165) is 37.8 Å². The molecule has 0 aromatic rings. The summed E-state index contributed by atoms with van der Waals surface area (Å²) in [5.74, 6) is 1.47. The summed E-state index contributed by atoms with van der Waals surface area (Å²) in [6.07, 6.45) is 4.02. The number of carbonyl (C=O) groups excluding carboxylic acids is 2. The summed E-state index contributed by atoms with van der Waals surface area (Å²) < 4.78 is 12.5. The van der Waals surface area contributed by atoms with E-state index >= 15 is 0 Å². The number of carbonyl (C=O) groups is 2. The fraction of sp³-hybridized carbons (Fsp3) is 0.895. The van der Waals surface area contributed by atoms with Crippen LogP contribution < -0.4 is 5.32 Å². The summed E-state index contributed by atoms with van der Waals surface area (Å²) in [7, 11) is 2.18. The van der Waals surface area contributed by atoms with Crippen molar-refractivity contribution < 1.29 is 15.7 Å². The molecule has 0 aromatic heterocycles. The predicted molar refractivity (Wildman–Crippen MR) is 98.4 cm³/mol. The van der Waals surface area contributed by atoms with Crippen molar-refractivity contribution in [2.24, 2.45) is 11.8 Å². The second-order valence-corrected chi connectivity index (χ2v) is 8.32. The van der Waals surface area contributed by atoms with Gasteiger partial charge in [-0.1, -0.05) is 0 Å². The van der Waals surface area contributed by atoms with Crippen LogP contribution in [0.15, 0.2) is 0 Å². The third-order valence-electron chi connectivity index (χ3n) is 5.35. The van der Waals surface area contributed by atoms with Crippen LogP contribution in [0, 0.1) is 11.8 Å². The molecular formula is C19H35N3O3. The molecule has 2 aliphatic rings. The van der Waals surface area contributed by atoms with Gasteiger partial charge in [-0.15, -0.1) is 0 Å². The fourth-order valence-corrected chi connectivity index (χ4v) is 3.88. The Labute approximate surface area is 153 Å². The number of ether oxygens (including phenoxy) is 1. The van der Waals surface area contributed by atoms with Gasteiger partial charge in [-0.3, -0.25) is 4.79 Å². The van der Waals surface area contributed by atoms with Gasteiger partial charge < -0.3 is 19.9 Å². The molecule has 2 saturated heterocycles. The van der Waals surface area contributed by atoms with Crippen LogP contribution in [0.2, 0.25) is 0 Å². The third-order valence-corrected chi connectivity index (χ3v) is 5.35. The molecule has 0 aliphatic carbocycles. The lowest BCUT2D eigenvalue weighted by molar-refractivity contribution is -0.134. The van der Waals surface area contributed by atoms with Crippen LogP contribution >= 0.6 is 0 Å². The molecule has 2 fully saturated rings. The lowest BCUT2D eigenvalue weighted by Crippen LogP contribution is -2.50. The van der Waals surface area contributed by atoms with Crippen LogP contribution in [0.5, 0.6) is 0 Å². The molecule has 0 bridgehead atoms. The number of likely N-dealkylation sites (tertiary alicyclic amines) is 2. The first-order chi connectivity index (χ1) is 12.2. The zero-order chi connectivity index (χ0) is 19.3. The second-order valence-electron chi connectivity index (χ2n) is 8.32. The van der Waals surface area contributed by atoms with Gasteiger partial charge in [0.2, 0.25) is 5.91 Å². The highest BCUT2D eigenvalue weighted by Gasteiger charge is 2.32. The standard InChI is InChI=1S/C19H35N3O3/c1-14(20-18(24)25-19(2,3)4)17(23)22-12-8-16(9-13-22)15-6-10-21(5)11-7-15/h14-16H,6-13H2,1-5H3,(H,20,24)/t14-/m0/s1/i2D. The number of amides is 2. The Balaban J connectivity index is 1.75. The number of hydrogen-bond donors (Lipinski definition) is 1. The highest BCUT2D eigenvalue weighted by Crippen LogP contribution is 2.32. The molecule has 0 aromatic carbocycles. The summed E-state index contributed by atoms with van der Waals surface area (Å²) in [5, 5.41) is 2.61. The molecule has 1 N–H and O–H groups in total. The first-order valence-corrected chi connectivity index (χ1v) is 9.48. The lowest BCUT2D eigenvalue weighted by Gasteiger charge is -2.40. The van der Waals surface area contributed by atoms with Crippen molar-refractivity contribution in [3.8, 4) is 0 Å². The van der Waals surface area contributed by atoms with E-state index in [-0.39, 0.29) is 12.8 Å². The quantitative estimate of drug-likeness (QED) is 0.846. The first kappa shape index (κ1) is 18.5. The molecule has 2 heterocycles. The van der Waals surface area contributed by atoms with Crippen molar-refractivity contribution in [3.63, 3.8) is 0 Å². The molecule has 0 spiro atoms. The second kappa shape index (κ2) is 8.39. The Morgan fingerprint density at radius 2 is 1.64 bits per heavy atom. The minimum Gasteiger partial charge on any atom is -0.444 e. The van der Waals surface area contributed by atoms with Crippen LogP contribution in [0.25, 0.3) is 0 Å². The number of nitrogens with zero attached hydrogens (tertiary/aromatic N) is 2. The smallest absolute Gasteiger partial charge is 0.408 e. The van der Waals surface area contributed by atoms with Crippen LogP contribution in [-0.4, -0.2) is 66.7 Å². The van der Waals surface area contributed by atoms with E-state index in [4.69, 9.17) is 6.11 Å². The van der Waals surface area contributed by atoms with Crippen molar-refractivity contribution in [1.29, 1.82) is 0 Å². The maximum Gasteiger partial charge on any atom is 0.408 e. The number of hydrogen-bond acceptors (Lipinski definition) is 4. The molecule has 0 unspecified atom stereocenters. The van der Waals surface area contributed by atoms with E-state index in [1.54, 1.807) is 20.8 Å². The van der Waals surface area contributed by atoms with E-state index in [1.807, 2.05) is 4.90 Å². The highest BCUT2D eigenvalue weighted by atomic mass is 16.6. The zero-order valence-corrected chi connectivity index (χ0v) is 16.2. The average Bonchev–Trinajstić information content (AvgIpc) is 2.61. The number of alkyl carbamates (subject to hydrolysis) is 1. The van der Waals surface area contributed by atoms with E-state index in [1.165, 1.54) is 25.9 Å². The summed E-state index contributed by atoms with van der Waals surface area (Å²) in [6.45, 7) is 8.95. The monoisotopic (exact) mass is 354 g/mol. The summed E-state index contributed by atoms with van der Waals surface area (Å²) in [5.41, 5.74) is -0.848. The summed E-state index contributed by atoms with van der Waals surface area (Å²) in [6, 6.07) is -0.607. The average molecular weight is 355 g/mol. The summed E-state index contributed by atoms with van der Waals surface area (Å²) >= 11 is 0. The third kappa shape index (κ3) is 6.17. The maximum atomic E-state index is 12.6. The van der Waals surface area contributed by atoms with Gasteiger partial charge in [0.15, 0.2) is 0 Å². The molecule has 25 heavy (non-hydrogen) atoms. The maximum absolute atomic E-state index is 12.6. The van der Waals surface area contributed by atoms with Crippen molar-refractivity contribution >= 4 is 12.0 Å². The Kier molecular flexibility index (Phi) is 6.20. The minimum atomic E-state index is -0.848. The summed E-state index contributed by atoms with van der Waals surface area (Å²) in [4.78, 5) is 28.8. The van der Waals surface area contributed by atoms with Gasteiger partial charge in [-0.05, 0) is 85.3 Å². The van der Waals surface area contributed by atoms with Gasteiger partial charge in [0.1, 0.15) is 11.6 Å². The van der Waals surface area contributed by atoms with Crippen LogP contribution in [0.1, 0.15) is 54.7 Å². The van der Waals surface area contributed by atoms with Gasteiger partial charge in [-0.25, -0.2) is 4.79 Å². The Morgan fingerprint density at radius 3 is 2.16 bits per heavy atom. The van der Waals surface area contributed by atoms with E-state index in [9.17, 15) is 9.59 Å². The van der Waals surface area contributed by atoms with Gasteiger partial charge in [0.25, 0.3) is 0 Å². The molecule has 1 atom stereocenters. The Hall–Kier alpha value is -1.30. The largest absolute Gasteiger partial charge is 0.444 e. The van der Waals surface area contributed by atoms with Crippen LogP contribution in [0.3, 0.4) is 0 Å². The minimum absolute atomic E-state index is 0.0206. The molecular weight excluding hydrogens is 318 g/mol. The van der Waals surface area contributed by atoms with Crippen LogP contribution in [-0.2, 0) is 9.53 Å². The topological polar surface area (TPSA) is 61.9 Å². The van der Waals surface area contributed by atoms with Crippen LogP contribution in [0.4, 0.5) is 4.79 Å². The van der Waals surface area contributed by atoms with Crippen molar-refractivity contribution in [2.75, 3.05) is 33.2 Å². The van der Waals surface area contributed by atoms with E-state index in [0.29, 0.717) is 0 Å². The van der Waals surface area contributed by atoms with Gasteiger partial charge in [0, 0.05) is 14.5 Å². The molecule has 2 aliphatic heterocycles. The fourth-order valence-electron chi connectivity index (χ4n) is 3.88. The molecule has 6 nitrogen and oxygen atoms in total. The van der Waals surface area contributed by atoms with Gasteiger partial charge in [0.05, 0.1) is 0 Å². The molecule has 2 rings (SSSR count). The molecule has 2 amide bonds. The van der Waals surface area contributed by atoms with E-state index < -0.39 is 17.7 Å². The SMILES string of the molecule is [2H]CC(C)(C)OC(=O)N[C@@H](C)C(=O)N1CCC(C2CCN(C)CC2)CC1. The van der Waals surface area contributed by atoms with Gasteiger partial charge >= 0.3 is 6.09 Å². The highest BCUT2D eigenvalue weighted by molar-refractivity contribution is 5.85. The Morgan fingerprint density at radius 1 is 1.12 bits per heavy atom. The number of nitrogens with one attached hydrogen (secondary N) is 1. The molecule has 0 saturated carbocycles. The van der Waals surface area contributed by atoms with Gasteiger partial charge in [-0.2, -0.15) is 0 Å². The zero-order valence-electron chi connectivity index (χ0n) is 17.2. The normalized spacial score (nSPS) is 23.0.